The number of phenolic OH excluding ortho intramolecular Hbond substituents is 1. The number of hydrogen-bond donors (Lipinski definition) is 2. The second-order valence-electron chi connectivity index (χ2n) is 6.86. The molecule has 1 heterocycles. The summed E-state index contributed by atoms with van der Waals surface area (Å²) in [6.07, 6.45) is 6.24. The summed E-state index contributed by atoms with van der Waals surface area (Å²) >= 11 is 0. The first kappa shape index (κ1) is 13.2. The van der Waals surface area contributed by atoms with E-state index in [0.717, 1.165) is 19.3 Å². The largest absolute Gasteiger partial charge is 0.504 e. The van der Waals surface area contributed by atoms with E-state index in [1.165, 1.54) is 11.1 Å². The maximum Gasteiger partial charge on any atom is 0.165 e. The van der Waals surface area contributed by atoms with Gasteiger partial charge in [-0.05, 0) is 36.3 Å². The summed E-state index contributed by atoms with van der Waals surface area (Å²) in [6.45, 7) is 4.47. The molecule has 0 aromatic heterocycles. The highest BCUT2D eigenvalue weighted by Gasteiger charge is 2.60. The van der Waals surface area contributed by atoms with E-state index in [2.05, 4.69) is 19.9 Å². The highest BCUT2D eigenvalue weighted by atomic mass is 16.5. The SMILES string of the molecule is CCC[C@]12c3c4ccc(O)c3OC1[C@@H](O)C=C[C@H]2[C@H](C)C4. The Bertz CT molecular complexity index is 621. The summed E-state index contributed by atoms with van der Waals surface area (Å²) < 4.78 is 6.10. The van der Waals surface area contributed by atoms with Gasteiger partial charge in [-0.1, -0.05) is 38.5 Å². The number of phenols is 1. The molecule has 0 radical (unpaired) electrons. The van der Waals surface area contributed by atoms with Gasteiger partial charge in [-0.25, -0.2) is 0 Å². The van der Waals surface area contributed by atoms with Gasteiger partial charge in [0.2, 0.25) is 0 Å². The first-order valence-corrected chi connectivity index (χ1v) is 7.98. The van der Waals surface area contributed by atoms with Gasteiger partial charge < -0.3 is 14.9 Å². The van der Waals surface area contributed by atoms with Gasteiger partial charge in [-0.15, -0.1) is 0 Å². The standard InChI is InChI=1S/C18H22O3/c1-3-8-18-12-5-7-14(20)17(18)21-16-13(19)6-4-11(15(16)18)9-10(12)2/h4-7,10,12,14,17,19-20H,3,8-9H2,1-2H3/t10-,12+,14+,17?,18+/m1/s1. The molecule has 1 aromatic carbocycles. The first-order valence-electron chi connectivity index (χ1n) is 7.98. The predicted octanol–water partition coefficient (Wildman–Crippen LogP) is 2.93. The summed E-state index contributed by atoms with van der Waals surface area (Å²) in [5, 5.41) is 20.7. The van der Waals surface area contributed by atoms with Crippen molar-refractivity contribution in [3.63, 3.8) is 0 Å². The Kier molecular flexibility index (Phi) is 2.68. The molecule has 4 rings (SSSR count). The number of aromatic hydroxyl groups is 1. The average Bonchev–Trinajstić information content (AvgIpc) is 2.80. The number of benzene rings is 1. The van der Waals surface area contributed by atoms with Gasteiger partial charge in [0.1, 0.15) is 12.2 Å². The van der Waals surface area contributed by atoms with Gasteiger partial charge in [0.25, 0.3) is 0 Å². The van der Waals surface area contributed by atoms with E-state index < -0.39 is 6.10 Å². The molecular formula is C18H22O3. The Morgan fingerprint density at radius 2 is 2.14 bits per heavy atom. The van der Waals surface area contributed by atoms with Crippen molar-refractivity contribution in [3.05, 3.63) is 35.4 Å². The van der Waals surface area contributed by atoms with Gasteiger partial charge in [0.05, 0.1) is 0 Å². The van der Waals surface area contributed by atoms with Crippen molar-refractivity contribution in [2.24, 2.45) is 11.8 Å². The Balaban J connectivity index is 2.03. The van der Waals surface area contributed by atoms with Crippen LogP contribution in [0.1, 0.15) is 37.8 Å². The van der Waals surface area contributed by atoms with Crippen LogP contribution in [0.25, 0.3) is 0 Å². The summed E-state index contributed by atoms with van der Waals surface area (Å²) in [7, 11) is 0. The van der Waals surface area contributed by atoms with Crippen LogP contribution in [0.4, 0.5) is 0 Å². The first-order chi connectivity index (χ1) is 10.1. The third-order valence-corrected chi connectivity index (χ3v) is 5.68. The highest BCUT2D eigenvalue weighted by molar-refractivity contribution is 5.60. The van der Waals surface area contributed by atoms with Gasteiger partial charge >= 0.3 is 0 Å². The molecule has 3 aliphatic rings. The van der Waals surface area contributed by atoms with E-state index in [9.17, 15) is 10.2 Å². The Morgan fingerprint density at radius 3 is 2.90 bits per heavy atom. The molecule has 0 amide bonds. The molecule has 0 saturated carbocycles. The molecule has 3 heteroatoms. The van der Waals surface area contributed by atoms with Crippen LogP contribution in [0.5, 0.6) is 11.5 Å². The molecule has 112 valence electrons. The van der Waals surface area contributed by atoms with E-state index in [-0.39, 0.29) is 17.3 Å². The lowest BCUT2D eigenvalue weighted by atomic mass is 9.53. The topological polar surface area (TPSA) is 49.7 Å². The van der Waals surface area contributed by atoms with Gasteiger partial charge in [0.15, 0.2) is 11.5 Å². The molecule has 1 aliphatic heterocycles. The molecule has 0 saturated heterocycles. The fraction of sp³-hybridized carbons (Fsp3) is 0.556. The molecule has 0 bridgehead atoms. The zero-order valence-corrected chi connectivity index (χ0v) is 12.5. The van der Waals surface area contributed by atoms with Crippen LogP contribution in [-0.2, 0) is 11.8 Å². The maximum atomic E-state index is 10.5. The van der Waals surface area contributed by atoms with Crippen LogP contribution in [0.2, 0.25) is 0 Å². The number of aliphatic hydroxyl groups is 1. The van der Waals surface area contributed by atoms with Gasteiger partial charge in [-0.2, -0.15) is 0 Å². The van der Waals surface area contributed by atoms with Crippen LogP contribution < -0.4 is 4.74 Å². The fourth-order valence-electron chi connectivity index (χ4n) is 5.04. The molecule has 1 aromatic rings. The Morgan fingerprint density at radius 1 is 1.33 bits per heavy atom. The normalized spacial score (nSPS) is 39.0. The Labute approximate surface area is 125 Å². The van der Waals surface area contributed by atoms with E-state index >= 15 is 0 Å². The van der Waals surface area contributed by atoms with E-state index in [0.29, 0.717) is 17.6 Å². The van der Waals surface area contributed by atoms with Crippen molar-refractivity contribution in [3.8, 4) is 11.5 Å². The van der Waals surface area contributed by atoms with E-state index in [1.807, 2.05) is 12.1 Å². The molecule has 3 nitrogen and oxygen atoms in total. The number of allylic oxidation sites excluding steroid dienone is 1. The van der Waals surface area contributed by atoms with Crippen molar-refractivity contribution >= 4 is 0 Å². The fourth-order valence-corrected chi connectivity index (χ4v) is 5.04. The summed E-state index contributed by atoms with van der Waals surface area (Å²) in [4.78, 5) is 0. The number of hydrogen-bond acceptors (Lipinski definition) is 3. The van der Waals surface area contributed by atoms with Crippen molar-refractivity contribution in [2.75, 3.05) is 0 Å². The summed E-state index contributed by atoms with van der Waals surface area (Å²) in [5.41, 5.74) is 2.27. The lowest BCUT2D eigenvalue weighted by molar-refractivity contribution is -0.0106. The van der Waals surface area contributed by atoms with Crippen LogP contribution in [0.15, 0.2) is 24.3 Å². The molecule has 21 heavy (non-hydrogen) atoms. The van der Waals surface area contributed by atoms with Gasteiger partial charge in [-0.3, -0.25) is 0 Å². The van der Waals surface area contributed by atoms with E-state index in [4.69, 9.17) is 4.74 Å². The maximum absolute atomic E-state index is 10.5. The number of ether oxygens (including phenoxy) is 1. The molecule has 2 aliphatic carbocycles. The third kappa shape index (κ3) is 1.48. The van der Waals surface area contributed by atoms with Crippen molar-refractivity contribution in [1.82, 2.24) is 0 Å². The highest BCUT2D eigenvalue weighted by Crippen LogP contribution is 2.61. The van der Waals surface area contributed by atoms with Crippen LogP contribution in [-0.4, -0.2) is 22.4 Å². The molecule has 1 unspecified atom stereocenters. The van der Waals surface area contributed by atoms with Gasteiger partial charge in [0, 0.05) is 11.0 Å². The van der Waals surface area contributed by atoms with Crippen LogP contribution >= 0.6 is 0 Å². The number of rotatable bonds is 2. The van der Waals surface area contributed by atoms with Crippen molar-refractivity contribution < 1.29 is 14.9 Å². The minimum atomic E-state index is -0.599. The molecule has 2 N–H and O–H groups in total. The van der Waals surface area contributed by atoms with E-state index in [1.54, 1.807) is 6.07 Å². The quantitative estimate of drug-likeness (QED) is 0.822. The minimum Gasteiger partial charge on any atom is -0.504 e. The zero-order valence-electron chi connectivity index (χ0n) is 12.5. The second-order valence-corrected chi connectivity index (χ2v) is 6.86. The minimum absolute atomic E-state index is 0.177. The monoisotopic (exact) mass is 286 g/mol. The average molecular weight is 286 g/mol. The third-order valence-electron chi connectivity index (χ3n) is 5.68. The molecular weight excluding hydrogens is 264 g/mol. The lowest BCUT2D eigenvalue weighted by Crippen LogP contribution is -2.55. The summed E-state index contributed by atoms with van der Waals surface area (Å²) in [6, 6.07) is 3.77. The van der Waals surface area contributed by atoms with Crippen molar-refractivity contribution in [1.29, 1.82) is 0 Å². The lowest BCUT2D eigenvalue weighted by Gasteiger charge is -2.49. The second kappa shape index (κ2) is 4.26. The summed E-state index contributed by atoms with van der Waals surface area (Å²) in [5.74, 6) is 1.72. The van der Waals surface area contributed by atoms with Crippen LogP contribution in [0, 0.1) is 11.8 Å². The predicted molar refractivity (Wildman–Crippen MR) is 80.6 cm³/mol. The number of aliphatic hydroxyl groups excluding tert-OH is 1. The molecule has 0 fully saturated rings. The van der Waals surface area contributed by atoms with Crippen LogP contribution in [0.3, 0.4) is 0 Å². The molecule has 0 spiro atoms. The smallest absolute Gasteiger partial charge is 0.165 e. The zero-order chi connectivity index (χ0) is 14.8. The van der Waals surface area contributed by atoms with Crippen molar-refractivity contribution in [2.45, 2.75) is 50.7 Å². The Hall–Kier alpha value is -1.48. The molecule has 5 atom stereocenters.